The molecule has 0 fully saturated rings. The van der Waals surface area contributed by atoms with Gasteiger partial charge in [-0.15, -0.1) is 0 Å². The maximum absolute atomic E-state index is 10.9. The fourth-order valence-electron chi connectivity index (χ4n) is 1.08. The highest BCUT2D eigenvalue weighted by Gasteiger charge is 2.10. The summed E-state index contributed by atoms with van der Waals surface area (Å²) in [7, 11) is 0. The smallest absolute Gasteiger partial charge is 0.306 e. The molecule has 0 bridgehead atoms. The first-order valence-electron chi connectivity index (χ1n) is 4.96. The normalized spacial score (nSPS) is 12.1. The summed E-state index contributed by atoms with van der Waals surface area (Å²) in [5.74, 6) is -1.30. The van der Waals surface area contributed by atoms with E-state index in [0.717, 1.165) is 6.42 Å². The zero-order valence-electron chi connectivity index (χ0n) is 8.78. The Morgan fingerprint density at radius 2 is 2.00 bits per heavy atom. The van der Waals surface area contributed by atoms with Crippen molar-refractivity contribution in [1.82, 2.24) is 0 Å². The highest BCUT2D eigenvalue weighted by molar-refractivity contribution is 5.69. The molecule has 1 N–H and O–H groups in total. The lowest BCUT2D eigenvalue weighted by molar-refractivity contribution is -0.143. The second-order valence-electron chi connectivity index (χ2n) is 3.29. The van der Waals surface area contributed by atoms with Crippen LogP contribution in [0.5, 0.6) is 0 Å². The molecule has 0 aromatic heterocycles. The van der Waals surface area contributed by atoms with Crippen LogP contribution < -0.4 is 0 Å². The van der Waals surface area contributed by atoms with Gasteiger partial charge in [0.25, 0.3) is 0 Å². The molecule has 0 rings (SSSR count). The molecule has 0 radical (unpaired) electrons. The van der Waals surface area contributed by atoms with Crippen molar-refractivity contribution in [3.8, 4) is 0 Å². The first-order chi connectivity index (χ1) is 6.57. The lowest BCUT2D eigenvalue weighted by atomic mass is 10.0. The molecule has 4 heteroatoms. The van der Waals surface area contributed by atoms with E-state index in [9.17, 15) is 9.59 Å². The third kappa shape index (κ3) is 6.46. The van der Waals surface area contributed by atoms with Gasteiger partial charge in [-0.1, -0.05) is 13.3 Å². The number of unbranched alkanes of at least 4 members (excludes halogenated alkanes) is 1. The molecule has 0 spiro atoms. The molecule has 0 heterocycles. The Hall–Kier alpha value is -1.06. The van der Waals surface area contributed by atoms with Gasteiger partial charge in [0, 0.05) is 6.42 Å². The molecule has 4 nitrogen and oxygen atoms in total. The van der Waals surface area contributed by atoms with Gasteiger partial charge in [-0.2, -0.15) is 0 Å². The third-order valence-corrected chi connectivity index (χ3v) is 1.99. The van der Waals surface area contributed by atoms with Crippen molar-refractivity contribution in [3.05, 3.63) is 0 Å². The number of hydrogen-bond acceptors (Lipinski definition) is 3. The summed E-state index contributed by atoms with van der Waals surface area (Å²) in [5.41, 5.74) is 0. The van der Waals surface area contributed by atoms with Gasteiger partial charge in [0.1, 0.15) is 0 Å². The molecule has 0 aliphatic carbocycles. The molecular formula is C10H18O4. The maximum Gasteiger partial charge on any atom is 0.306 e. The number of carboxylic acids is 1. The second kappa shape index (κ2) is 7.35. The Morgan fingerprint density at radius 1 is 1.36 bits per heavy atom. The van der Waals surface area contributed by atoms with Crippen LogP contribution in [0, 0.1) is 5.92 Å². The molecule has 1 unspecified atom stereocenters. The third-order valence-electron chi connectivity index (χ3n) is 1.99. The Kier molecular flexibility index (Phi) is 6.80. The molecule has 0 aliphatic rings. The van der Waals surface area contributed by atoms with Gasteiger partial charge >= 0.3 is 11.9 Å². The summed E-state index contributed by atoms with van der Waals surface area (Å²) >= 11 is 0. The van der Waals surface area contributed by atoms with Crippen molar-refractivity contribution in [2.45, 2.75) is 39.5 Å². The molecule has 0 saturated carbocycles. The number of esters is 1. The van der Waals surface area contributed by atoms with Crippen LogP contribution in [0.1, 0.15) is 39.5 Å². The largest absolute Gasteiger partial charge is 0.481 e. The van der Waals surface area contributed by atoms with Gasteiger partial charge in [0.15, 0.2) is 0 Å². The monoisotopic (exact) mass is 202 g/mol. The first kappa shape index (κ1) is 12.9. The Labute approximate surface area is 84.3 Å². The van der Waals surface area contributed by atoms with Crippen LogP contribution in [0.25, 0.3) is 0 Å². The van der Waals surface area contributed by atoms with E-state index in [2.05, 4.69) is 0 Å². The Balaban J connectivity index is 3.37. The quantitative estimate of drug-likeness (QED) is 0.505. The van der Waals surface area contributed by atoms with Crippen molar-refractivity contribution in [1.29, 1.82) is 0 Å². The minimum atomic E-state index is -0.777. The number of aliphatic carboxylic acids is 1. The highest BCUT2D eigenvalue weighted by atomic mass is 16.5. The van der Waals surface area contributed by atoms with Gasteiger partial charge in [-0.25, -0.2) is 0 Å². The zero-order chi connectivity index (χ0) is 11.0. The average molecular weight is 202 g/mol. The highest BCUT2D eigenvalue weighted by Crippen LogP contribution is 2.09. The van der Waals surface area contributed by atoms with Crippen LogP contribution in [0.2, 0.25) is 0 Å². The van der Waals surface area contributed by atoms with E-state index in [1.54, 1.807) is 13.8 Å². The van der Waals surface area contributed by atoms with Crippen LogP contribution in [0.3, 0.4) is 0 Å². The lowest BCUT2D eigenvalue weighted by Crippen LogP contribution is -2.09. The van der Waals surface area contributed by atoms with Crippen molar-refractivity contribution in [3.63, 3.8) is 0 Å². The van der Waals surface area contributed by atoms with E-state index < -0.39 is 5.97 Å². The minimum absolute atomic E-state index is 0.199. The van der Waals surface area contributed by atoms with Crippen LogP contribution >= 0.6 is 0 Å². The molecule has 0 aliphatic heterocycles. The predicted molar refractivity (Wildman–Crippen MR) is 51.9 cm³/mol. The summed E-state index contributed by atoms with van der Waals surface area (Å²) in [6.45, 7) is 3.85. The molecule has 82 valence electrons. The summed E-state index contributed by atoms with van der Waals surface area (Å²) in [6, 6.07) is 0. The summed E-state index contributed by atoms with van der Waals surface area (Å²) in [6.07, 6.45) is 2.47. The van der Waals surface area contributed by atoms with Gasteiger partial charge in [-0.3, -0.25) is 9.59 Å². The number of hydrogen-bond donors (Lipinski definition) is 1. The maximum atomic E-state index is 10.9. The summed E-state index contributed by atoms with van der Waals surface area (Å²) in [4.78, 5) is 21.3. The fourth-order valence-corrected chi connectivity index (χ4v) is 1.08. The molecule has 14 heavy (non-hydrogen) atoms. The number of ether oxygens (including phenoxy) is 1. The molecule has 0 aromatic carbocycles. The van der Waals surface area contributed by atoms with Gasteiger partial charge < -0.3 is 9.84 Å². The number of carbonyl (C=O) groups is 2. The fraction of sp³-hybridized carbons (Fsp3) is 0.800. The number of rotatable bonds is 7. The van der Waals surface area contributed by atoms with Crippen LogP contribution in [0.15, 0.2) is 0 Å². The first-order valence-corrected chi connectivity index (χ1v) is 4.96. The van der Waals surface area contributed by atoms with E-state index in [0.29, 0.717) is 25.9 Å². The van der Waals surface area contributed by atoms with Crippen molar-refractivity contribution < 1.29 is 19.4 Å². The molecule has 0 aromatic rings. The second-order valence-corrected chi connectivity index (χ2v) is 3.29. The topological polar surface area (TPSA) is 63.6 Å². The molecule has 0 amide bonds. The summed E-state index contributed by atoms with van der Waals surface area (Å²) < 4.78 is 4.74. The van der Waals surface area contributed by atoms with E-state index in [-0.39, 0.29) is 11.9 Å². The Morgan fingerprint density at radius 3 is 2.50 bits per heavy atom. The van der Waals surface area contributed by atoms with E-state index in [4.69, 9.17) is 9.84 Å². The van der Waals surface area contributed by atoms with Crippen molar-refractivity contribution in [2.24, 2.45) is 5.92 Å². The van der Waals surface area contributed by atoms with Crippen LogP contribution in [0.4, 0.5) is 0 Å². The van der Waals surface area contributed by atoms with E-state index in [1.165, 1.54) is 0 Å². The number of carbonyl (C=O) groups excluding carboxylic acids is 1. The lowest BCUT2D eigenvalue weighted by Gasteiger charge is -2.05. The average Bonchev–Trinajstić information content (AvgIpc) is 2.12. The molecule has 1 atom stereocenters. The predicted octanol–water partition coefficient (Wildman–Crippen LogP) is 1.83. The molecular weight excluding hydrogens is 184 g/mol. The van der Waals surface area contributed by atoms with Gasteiger partial charge in [-0.05, 0) is 19.8 Å². The van der Waals surface area contributed by atoms with Crippen LogP contribution in [-0.2, 0) is 14.3 Å². The Bertz CT molecular complexity index is 189. The van der Waals surface area contributed by atoms with Gasteiger partial charge in [0.05, 0.1) is 12.5 Å². The minimum Gasteiger partial charge on any atom is -0.481 e. The van der Waals surface area contributed by atoms with Gasteiger partial charge in [0.2, 0.25) is 0 Å². The van der Waals surface area contributed by atoms with Crippen molar-refractivity contribution in [2.75, 3.05) is 6.61 Å². The standard InChI is InChI=1S/C10H18O4/c1-3-14-9(11)7-5-4-6-8(2)10(12)13/h8H,3-7H2,1-2H3,(H,12,13). The number of carboxylic acid groups (broad SMARTS) is 1. The van der Waals surface area contributed by atoms with Crippen LogP contribution in [-0.4, -0.2) is 23.7 Å². The SMILES string of the molecule is CCOC(=O)CCCCC(C)C(=O)O. The zero-order valence-corrected chi connectivity index (χ0v) is 8.78. The molecule has 0 saturated heterocycles. The van der Waals surface area contributed by atoms with E-state index >= 15 is 0 Å². The van der Waals surface area contributed by atoms with E-state index in [1.807, 2.05) is 0 Å². The van der Waals surface area contributed by atoms with Crippen molar-refractivity contribution >= 4 is 11.9 Å². The summed E-state index contributed by atoms with van der Waals surface area (Å²) in [5, 5.41) is 8.58.